The number of likely N-dealkylation sites (tertiary alicyclic amines) is 1. The van der Waals surface area contributed by atoms with Crippen LogP contribution in [0.4, 0.5) is 4.39 Å². The van der Waals surface area contributed by atoms with Gasteiger partial charge in [0.1, 0.15) is 11.6 Å². The van der Waals surface area contributed by atoms with Crippen molar-refractivity contribution in [1.29, 1.82) is 0 Å². The third-order valence-corrected chi connectivity index (χ3v) is 5.34. The van der Waals surface area contributed by atoms with E-state index in [1.54, 1.807) is 16.8 Å². The summed E-state index contributed by atoms with van der Waals surface area (Å²) in [5.74, 6) is 1.93. The van der Waals surface area contributed by atoms with Crippen LogP contribution >= 0.6 is 0 Å². The van der Waals surface area contributed by atoms with Gasteiger partial charge in [-0.3, -0.25) is 4.90 Å². The van der Waals surface area contributed by atoms with Gasteiger partial charge in [0.2, 0.25) is 0 Å². The van der Waals surface area contributed by atoms with Crippen molar-refractivity contribution in [2.24, 2.45) is 0 Å². The van der Waals surface area contributed by atoms with Crippen LogP contribution in [-0.2, 0) is 6.54 Å². The Morgan fingerprint density at radius 2 is 2.07 bits per heavy atom. The van der Waals surface area contributed by atoms with Crippen LogP contribution in [0.5, 0.6) is 0 Å². The number of aromatic nitrogens is 3. The lowest BCUT2D eigenvalue weighted by molar-refractivity contribution is 0.183. The van der Waals surface area contributed by atoms with Gasteiger partial charge in [-0.1, -0.05) is 12.1 Å². The van der Waals surface area contributed by atoms with Crippen LogP contribution < -0.4 is 0 Å². The van der Waals surface area contributed by atoms with Crippen molar-refractivity contribution in [2.45, 2.75) is 25.3 Å². The minimum absolute atomic E-state index is 0.240. The molecule has 5 rings (SSSR count). The molecular formula is C22H21FN4O. The van der Waals surface area contributed by atoms with Gasteiger partial charge in [0.05, 0.1) is 12.8 Å². The van der Waals surface area contributed by atoms with Crippen LogP contribution in [0.2, 0.25) is 0 Å². The number of hydrogen-bond donors (Lipinski definition) is 0. The number of nitrogens with zero attached hydrogens (tertiary/aromatic N) is 4. The number of piperidine rings is 1. The highest BCUT2D eigenvalue weighted by Gasteiger charge is 2.25. The smallest absolute Gasteiger partial charge is 0.156 e. The van der Waals surface area contributed by atoms with Gasteiger partial charge >= 0.3 is 0 Å². The molecule has 0 amide bonds. The first-order chi connectivity index (χ1) is 13.7. The molecule has 142 valence electrons. The maximum absolute atomic E-state index is 13.5. The maximum atomic E-state index is 13.5. The molecule has 0 bridgehead atoms. The Labute approximate surface area is 162 Å². The fourth-order valence-electron chi connectivity index (χ4n) is 3.94. The van der Waals surface area contributed by atoms with Crippen molar-refractivity contribution in [3.63, 3.8) is 0 Å². The van der Waals surface area contributed by atoms with Gasteiger partial charge in [-0.2, -0.15) is 5.10 Å². The fraction of sp³-hybridized carbons (Fsp3) is 0.273. The second kappa shape index (κ2) is 7.20. The first-order valence-electron chi connectivity index (χ1n) is 9.61. The van der Waals surface area contributed by atoms with E-state index in [0.717, 1.165) is 60.8 Å². The molecule has 1 aliphatic rings. The molecule has 1 atom stereocenters. The molecule has 0 unspecified atom stereocenters. The quantitative estimate of drug-likeness (QED) is 0.526. The first-order valence-corrected chi connectivity index (χ1v) is 9.61. The molecule has 1 aromatic carbocycles. The Hall–Kier alpha value is -2.99. The summed E-state index contributed by atoms with van der Waals surface area (Å²) in [6.07, 6.45) is 5.85. The molecule has 0 aliphatic carbocycles. The monoisotopic (exact) mass is 376 g/mol. The van der Waals surface area contributed by atoms with Gasteiger partial charge in [0.15, 0.2) is 11.5 Å². The van der Waals surface area contributed by atoms with Crippen LogP contribution in [0, 0.1) is 5.82 Å². The molecule has 1 saturated heterocycles. The molecule has 0 N–H and O–H groups in total. The molecule has 3 aromatic heterocycles. The summed E-state index contributed by atoms with van der Waals surface area (Å²) in [6.45, 7) is 2.81. The molecule has 5 nitrogen and oxygen atoms in total. The summed E-state index contributed by atoms with van der Waals surface area (Å²) < 4.78 is 20.8. The summed E-state index contributed by atoms with van der Waals surface area (Å²) in [6, 6.07) is 14.5. The number of rotatable bonds is 4. The van der Waals surface area contributed by atoms with Crippen molar-refractivity contribution in [2.75, 3.05) is 13.1 Å². The minimum Gasteiger partial charge on any atom is -0.468 e. The lowest BCUT2D eigenvalue weighted by Gasteiger charge is -2.30. The molecule has 0 radical (unpaired) electrons. The van der Waals surface area contributed by atoms with E-state index in [1.165, 1.54) is 12.1 Å². The van der Waals surface area contributed by atoms with E-state index < -0.39 is 0 Å². The number of pyridine rings is 1. The van der Waals surface area contributed by atoms with E-state index in [4.69, 9.17) is 14.5 Å². The number of benzene rings is 1. The average Bonchev–Trinajstić information content (AvgIpc) is 3.37. The third-order valence-electron chi connectivity index (χ3n) is 5.34. The van der Waals surface area contributed by atoms with E-state index in [0.29, 0.717) is 5.92 Å². The molecule has 1 fully saturated rings. The Morgan fingerprint density at radius 3 is 2.93 bits per heavy atom. The van der Waals surface area contributed by atoms with Crippen molar-refractivity contribution < 1.29 is 8.81 Å². The summed E-state index contributed by atoms with van der Waals surface area (Å²) in [5.41, 5.74) is 2.58. The molecule has 4 heterocycles. The molecule has 0 spiro atoms. The van der Waals surface area contributed by atoms with E-state index in [1.807, 2.05) is 36.5 Å². The molecular weight excluding hydrogens is 355 g/mol. The van der Waals surface area contributed by atoms with Gasteiger partial charge in [0, 0.05) is 24.2 Å². The predicted molar refractivity (Wildman–Crippen MR) is 104 cm³/mol. The van der Waals surface area contributed by atoms with Gasteiger partial charge in [-0.25, -0.2) is 13.9 Å². The highest BCUT2D eigenvalue weighted by atomic mass is 19.1. The van der Waals surface area contributed by atoms with E-state index >= 15 is 0 Å². The number of hydrogen-bond acceptors (Lipinski definition) is 4. The Kier molecular flexibility index (Phi) is 4.41. The first kappa shape index (κ1) is 17.1. The van der Waals surface area contributed by atoms with Crippen LogP contribution in [0.1, 0.15) is 30.3 Å². The van der Waals surface area contributed by atoms with Crippen LogP contribution in [0.25, 0.3) is 16.8 Å². The topological polar surface area (TPSA) is 46.6 Å². The van der Waals surface area contributed by atoms with E-state index in [2.05, 4.69) is 4.90 Å². The van der Waals surface area contributed by atoms with Crippen molar-refractivity contribution >= 4 is 5.65 Å². The van der Waals surface area contributed by atoms with Crippen molar-refractivity contribution in [1.82, 2.24) is 19.5 Å². The van der Waals surface area contributed by atoms with Crippen LogP contribution in [-0.4, -0.2) is 32.6 Å². The molecule has 0 saturated carbocycles. The summed E-state index contributed by atoms with van der Waals surface area (Å²) in [4.78, 5) is 7.15. The van der Waals surface area contributed by atoms with Gasteiger partial charge < -0.3 is 4.42 Å². The largest absolute Gasteiger partial charge is 0.468 e. The van der Waals surface area contributed by atoms with Crippen LogP contribution in [0.3, 0.4) is 0 Å². The standard InChI is InChI=1S/C22H21FN4O/c23-19-6-1-4-16(12-19)17-8-9-21-24-22(25-27(21)14-17)18-5-2-10-26(13-18)15-20-7-3-11-28-20/h1,3-4,6-9,11-12,14,18H,2,5,10,13,15H2/t18-/m0/s1. The number of fused-ring (bicyclic) bond motifs is 1. The number of halogens is 1. The average molecular weight is 376 g/mol. The highest BCUT2D eigenvalue weighted by molar-refractivity contribution is 5.64. The normalized spacial score (nSPS) is 18.0. The number of furan rings is 1. The summed E-state index contributed by atoms with van der Waals surface area (Å²) >= 11 is 0. The Balaban J connectivity index is 1.38. The second-order valence-electron chi connectivity index (χ2n) is 7.35. The lowest BCUT2D eigenvalue weighted by atomic mass is 9.97. The molecule has 4 aromatic rings. The second-order valence-corrected chi connectivity index (χ2v) is 7.35. The van der Waals surface area contributed by atoms with E-state index in [9.17, 15) is 4.39 Å². The Morgan fingerprint density at radius 1 is 1.11 bits per heavy atom. The van der Waals surface area contributed by atoms with Crippen molar-refractivity contribution in [3.05, 3.63) is 78.4 Å². The summed E-state index contributed by atoms with van der Waals surface area (Å²) in [5, 5.41) is 4.74. The van der Waals surface area contributed by atoms with Gasteiger partial charge in [-0.05, 0) is 61.3 Å². The third kappa shape index (κ3) is 3.43. The Bertz CT molecular complexity index is 1090. The summed E-state index contributed by atoms with van der Waals surface area (Å²) in [7, 11) is 0. The molecule has 1 aliphatic heterocycles. The van der Waals surface area contributed by atoms with E-state index in [-0.39, 0.29) is 5.82 Å². The van der Waals surface area contributed by atoms with Gasteiger partial charge in [0.25, 0.3) is 0 Å². The zero-order chi connectivity index (χ0) is 18.9. The minimum atomic E-state index is -0.240. The zero-order valence-electron chi connectivity index (χ0n) is 15.5. The van der Waals surface area contributed by atoms with Crippen molar-refractivity contribution in [3.8, 4) is 11.1 Å². The molecule has 28 heavy (non-hydrogen) atoms. The van der Waals surface area contributed by atoms with Crippen LogP contribution in [0.15, 0.2) is 65.4 Å². The predicted octanol–water partition coefficient (Wildman–Crippen LogP) is 4.51. The van der Waals surface area contributed by atoms with Gasteiger partial charge in [-0.15, -0.1) is 0 Å². The maximum Gasteiger partial charge on any atom is 0.156 e. The SMILES string of the molecule is Fc1cccc(-c2ccc3nc([C@H]4CCCN(Cc5ccco5)C4)nn3c2)c1. The highest BCUT2D eigenvalue weighted by Crippen LogP contribution is 2.27. The zero-order valence-corrected chi connectivity index (χ0v) is 15.5. The lowest BCUT2D eigenvalue weighted by Crippen LogP contribution is -2.34. The molecule has 6 heteroatoms. The fourth-order valence-corrected chi connectivity index (χ4v) is 3.94.